The summed E-state index contributed by atoms with van der Waals surface area (Å²) >= 11 is 8.19. The number of pyridine rings is 1. The summed E-state index contributed by atoms with van der Waals surface area (Å²) in [5.41, 5.74) is 2.04. The summed E-state index contributed by atoms with van der Waals surface area (Å²) in [5.74, 6) is -0.326. The summed E-state index contributed by atoms with van der Waals surface area (Å²) in [6.45, 7) is 0.420. The van der Waals surface area contributed by atoms with Gasteiger partial charge in [-0.3, -0.25) is 4.79 Å². The number of aromatic nitrogens is 1. The Morgan fingerprint density at radius 3 is 2.85 bits per heavy atom. The van der Waals surface area contributed by atoms with Crippen LogP contribution in [-0.4, -0.2) is 21.3 Å². The van der Waals surface area contributed by atoms with E-state index in [1.807, 2.05) is 48.3 Å². The van der Waals surface area contributed by atoms with Crippen molar-refractivity contribution in [2.24, 2.45) is 5.92 Å². The van der Waals surface area contributed by atoms with Gasteiger partial charge in [-0.2, -0.15) is 0 Å². The number of hydrogen-bond donors (Lipinski definition) is 1. The van der Waals surface area contributed by atoms with E-state index in [-0.39, 0.29) is 11.8 Å². The van der Waals surface area contributed by atoms with E-state index >= 15 is 0 Å². The number of ether oxygens (including phenoxy) is 1. The Labute approximate surface area is 161 Å². The fourth-order valence-corrected chi connectivity index (χ4v) is 4.67. The van der Waals surface area contributed by atoms with Gasteiger partial charge in [0.15, 0.2) is 0 Å². The van der Waals surface area contributed by atoms with Crippen LogP contribution >= 0.6 is 23.4 Å². The molecule has 2 saturated carbocycles. The van der Waals surface area contributed by atoms with Gasteiger partial charge in [-0.15, -0.1) is 11.8 Å². The minimum atomic E-state index is -0.737. The second kappa shape index (κ2) is 7.49. The molecule has 1 heterocycles. The maximum atomic E-state index is 11.0. The molecule has 0 spiro atoms. The van der Waals surface area contributed by atoms with Gasteiger partial charge in [0.05, 0.1) is 10.9 Å². The quantitative estimate of drug-likeness (QED) is 0.709. The number of carbonyl (C=O) groups is 1. The summed E-state index contributed by atoms with van der Waals surface area (Å²) in [4.78, 5) is 15.5. The topological polar surface area (TPSA) is 59.4 Å². The van der Waals surface area contributed by atoms with Gasteiger partial charge >= 0.3 is 5.97 Å². The van der Waals surface area contributed by atoms with E-state index in [1.54, 1.807) is 0 Å². The van der Waals surface area contributed by atoms with Crippen molar-refractivity contribution < 1.29 is 14.6 Å². The van der Waals surface area contributed by atoms with Crippen molar-refractivity contribution in [2.45, 2.75) is 48.5 Å². The molecule has 2 fully saturated rings. The number of nitrogens with zero attached hydrogens (tertiary/aromatic N) is 1. The molecule has 1 aromatic heterocycles. The van der Waals surface area contributed by atoms with Crippen LogP contribution in [0.15, 0.2) is 41.6 Å². The molecule has 26 heavy (non-hydrogen) atoms. The Kier molecular flexibility index (Phi) is 5.09. The monoisotopic (exact) mass is 389 g/mol. The van der Waals surface area contributed by atoms with Gasteiger partial charge in [-0.25, -0.2) is 4.98 Å². The Morgan fingerprint density at radius 2 is 2.19 bits per heavy atom. The van der Waals surface area contributed by atoms with Crippen molar-refractivity contribution in [2.75, 3.05) is 0 Å². The van der Waals surface area contributed by atoms with Gasteiger partial charge in [-0.05, 0) is 48.9 Å². The lowest BCUT2D eigenvalue weighted by atomic mass is 10.0. The Morgan fingerprint density at radius 1 is 1.35 bits per heavy atom. The molecule has 2 atom stereocenters. The molecule has 1 aromatic carbocycles. The van der Waals surface area contributed by atoms with Crippen LogP contribution in [0.25, 0.3) is 0 Å². The third-order valence-electron chi connectivity index (χ3n) is 5.06. The number of benzene rings is 1. The minimum absolute atomic E-state index is 0.0721. The van der Waals surface area contributed by atoms with Gasteiger partial charge < -0.3 is 9.84 Å². The summed E-state index contributed by atoms with van der Waals surface area (Å²) in [5, 5.41) is 11.3. The van der Waals surface area contributed by atoms with Crippen molar-refractivity contribution in [3.8, 4) is 5.75 Å². The largest absolute Gasteiger partial charge is 0.487 e. The third-order valence-corrected chi connectivity index (χ3v) is 6.75. The van der Waals surface area contributed by atoms with Crippen LogP contribution in [0.5, 0.6) is 5.75 Å². The second-order valence-electron chi connectivity index (χ2n) is 6.90. The average Bonchev–Trinajstić information content (AvgIpc) is 3.39. The maximum absolute atomic E-state index is 11.0. The van der Waals surface area contributed by atoms with E-state index in [9.17, 15) is 4.79 Å². The highest BCUT2D eigenvalue weighted by Gasteiger charge is 2.44. The maximum Gasteiger partial charge on any atom is 0.307 e. The summed E-state index contributed by atoms with van der Waals surface area (Å²) in [7, 11) is 0. The molecule has 6 heteroatoms. The number of carboxylic acids is 1. The molecular weight excluding hydrogens is 370 g/mol. The molecular formula is C20H20ClNO3S. The van der Waals surface area contributed by atoms with E-state index in [0.717, 1.165) is 16.2 Å². The van der Waals surface area contributed by atoms with Gasteiger partial charge in [0.1, 0.15) is 17.4 Å². The van der Waals surface area contributed by atoms with Gasteiger partial charge in [0.25, 0.3) is 0 Å². The number of aliphatic carboxylic acids is 1. The number of carboxylic acid groups (broad SMARTS) is 1. The normalized spacial score (nSPS) is 21.9. The molecule has 2 aliphatic carbocycles. The third kappa shape index (κ3) is 3.84. The summed E-state index contributed by atoms with van der Waals surface area (Å²) < 4.78 is 5.92. The fourth-order valence-electron chi connectivity index (χ4n) is 3.14. The molecule has 2 unspecified atom stereocenters. The highest BCUT2D eigenvalue weighted by molar-refractivity contribution is 8.00. The first-order chi connectivity index (χ1) is 12.6. The van der Waals surface area contributed by atoms with Gasteiger partial charge in [-0.1, -0.05) is 30.2 Å². The van der Waals surface area contributed by atoms with E-state index in [0.29, 0.717) is 29.0 Å². The molecule has 0 radical (unpaired) electrons. The lowest BCUT2D eigenvalue weighted by Gasteiger charge is -2.24. The molecule has 0 amide bonds. The number of rotatable bonds is 7. The average molecular weight is 390 g/mol. The van der Waals surface area contributed by atoms with Crippen LogP contribution in [0.2, 0.25) is 5.02 Å². The molecule has 4 rings (SSSR count). The highest BCUT2D eigenvalue weighted by Crippen LogP contribution is 2.48. The molecule has 2 aliphatic rings. The Balaban J connectivity index is 1.41. The van der Waals surface area contributed by atoms with E-state index in [2.05, 4.69) is 4.98 Å². The molecule has 136 valence electrons. The standard InChI is InChI=1S/C20H20ClNO3S/c21-17-9-12(15-10-16(15)20(23)24)6-7-18(17)25-11-13-3-2-8-22-19(13)26-14-4-1-5-14/h2-3,6-9,14-16H,1,4-5,10-11H2,(H,23,24). The zero-order valence-corrected chi connectivity index (χ0v) is 15.8. The lowest BCUT2D eigenvalue weighted by molar-refractivity contribution is -0.138. The lowest BCUT2D eigenvalue weighted by Crippen LogP contribution is -2.13. The van der Waals surface area contributed by atoms with Crippen molar-refractivity contribution in [3.63, 3.8) is 0 Å². The van der Waals surface area contributed by atoms with Gasteiger partial charge in [0, 0.05) is 17.0 Å². The second-order valence-corrected chi connectivity index (χ2v) is 8.60. The first-order valence-corrected chi connectivity index (χ1v) is 10.1. The molecule has 0 saturated heterocycles. The van der Waals surface area contributed by atoms with Crippen LogP contribution < -0.4 is 4.74 Å². The first kappa shape index (κ1) is 17.7. The van der Waals surface area contributed by atoms with Crippen LogP contribution in [-0.2, 0) is 11.4 Å². The number of halogens is 1. The van der Waals surface area contributed by atoms with Crippen molar-refractivity contribution in [1.29, 1.82) is 0 Å². The van der Waals surface area contributed by atoms with E-state index in [4.69, 9.17) is 21.4 Å². The van der Waals surface area contributed by atoms with Crippen LogP contribution in [0.1, 0.15) is 42.7 Å². The first-order valence-electron chi connectivity index (χ1n) is 8.87. The Bertz CT molecular complexity index is 824. The van der Waals surface area contributed by atoms with Crippen molar-refractivity contribution in [3.05, 3.63) is 52.7 Å². The highest BCUT2D eigenvalue weighted by atomic mass is 35.5. The molecule has 0 bridgehead atoms. The SMILES string of the molecule is O=C(O)C1CC1c1ccc(OCc2cccnc2SC2CCC2)c(Cl)c1. The predicted molar refractivity (Wildman–Crippen MR) is 102 cm³/mol. The summed E-state index contributed by atoms with van der Waals surface area (Å²) in [6, 6.07) is 9.55. The fraction of sp³-hybridized carbons (Fsp3) is 0.400. The summed E-state index contributed by atoms with van der Waals surface area (Å²) in [6.07, 6.45) is 6.33. The zero-order chi connectivity index (χ0) is 18.1. The minimum Gasteiger partial charge on any atom is -0.487 e. The molecule has 1 N–H and O–H groups in total. The number of thioether (sulfide) groups is 1. The molecule has 4 nitrogen and oxygen atoms in total. The zero-order valence-electron chi connectivity index (χ0n) is 14.2. The van der Waals surface area contributed by atoms with Crippen molar-refractivity contribution >= 4 is 29.3 Å². The van der Waals surface area contributed by atoms with Crippen LogP contribution in [0.4, 0.5) is 0 Å². The van der Waals surface area contributed by atoms with Gasteiger partial charge in [0.2, 0.25) is 0 Å². The molecule has 2 aromatic rings. The van der Waals surface area contributed by atoms with E-state index < -0.39 is 5.97 Å². The van der Waals surface area contributed by atoms with Crippen LogP contribution in [0, 0.1) is 5.92 Å². The Hall–Kier alpha value is -1.72. The smallest absolute Gasteiger partial charge is 0.307 e. The van der Waals surface area contributed by atoms with Crippen molar-refractivity contribution in [1.82, 2.24) is 4.98 Å². The number of hydrogen-bond acceptors (Lipinski definition) is 4. The molecule has 0 aliphatic heterocycles. The van der Waals surface area contributed by atoms with E-state index in [1.165, 1.54) is 19.3 Å². The predicted octanol–water partition coefficient (Wildman–Crippen LogP) is 5.15. The van der Waals surface area contributed by atoms with Crippen LogP contribution in [0.3, 0.4) is 0 Å².